The van der Waals surface area contributed by atoms with Gasteiger partial charge in [-0.25, -0.2) is 0 Å². The lowest BCUT2D eigenvalue weighted by Gasteiger charge is -2.13. The van der Waals surface area contributed by atoms with Crippen LogP contribution < -0.4 is 15.8 Å². The molecule has 1 aromatic carbocycles. The second-order valence-electron chi connectivity index (χ2n) is 4.87. The number of nitrogens with two attached hydrogens (primary N) is 1. The van der Waals surface area contributed by atoms with Crippen LogP contribution in [0, 0.1) is 5.92 Å². The molecule has 3 N–H and O–H groups in total. The lowest BCUT2D eigenvalue weighted by atomic mass is 10.2. The average Bonchev–Trinajstić information content (AvgIpc) is 3.21. The van der Waals surface area contributed by atoms with Gasteiger partial charge in [0.15, 0.2) is 6.61 Å². The van der Waals surface area contributed by atoms with Gasteiger partial charge in [-0.1, -0.05) is 0 Å². The fourth-order valence-corrected chi connectivity index (χ4v) is 1.87. The van der Waals surface area contributed by atoms with Crippen molar-refractivity contribution in [3.05, 3.63) is 29.8 Å². The molecule has 0 radical (unpaired) electrons. The van der Waals surface area contributed by atoms with Crippen molar-refractivity contribution in [3.8, 4) is 5.75 Å². The van der Waals surface area contributed by atoms with E-state index >= 15 is 0 Å². The van der Waals surface area contributed by atoms with Gasteiger partial charge in [-0.05, 0) is 49.9 Å². The molecular formula is C14H18N2O3. The van der Waals surface area contributed by atoms with E-state index in [4.69, 9.17) is 10.5 Å². The van der Waals surface area contributed by atoms with Crippen molar-refractivity contribution in [1.82, 2.24) is 5.32 Å². The maximum Gasteiger partial charge on any atom is 0.258 e. The number of primary amides is 1. The van der Waals surface area contributed by atoms with Crippen molar-refractivity contribution >= 4 is 11.8 Å². The van der Waals surface area contributed by atoms with E-state index in [1.807, 2.05) is 6.92 Å². The predicted octanol–water partition coefficient (Wildman–Crippen LogP) is 1.08. The summed E-state index contributed by atoms with van der Waals surface area (Å²) in [5, 5.41) is 2.90. The quantitative estimate of drug-likeness (QED) is 0.804. The van der Waals surface area contributed by atoms with Gasteiger partial charge in [0.25, 0.3) is 5.91 Å². The molecule has 1 atom stereocenters. The highest BCUT2D eigenvalue weighted by molar-refractivity contribution is 5.92. The van der Waals surface area contributed by atoms with Crippen molar-refractivity contribution in [1.29, 1.82) is 0 Å². The Hall–Kier alpha value is -2.04. The molecule has 102 valence electrons. The zero-order valence-corrected chi connectivity index (χ0v) is 10.9. The monoisotopic (exact) mass is 262 g/mol. The summed E-state index contributed by atoms with van der Waals surface area (Å²) in [5.41, 5.74) is 5.55. The van der Waals surface area contributed by atoms with E-state index in [9.17, 15) is 9.59 Å². The van der Waals surface area contributed by atoms with Crippen LogP contribution in [0.2, 0.25) is 0 Å². The largest absolute Gasteiger partial charge is 0.484 e. The van der Waals surface area contributed by atoms with Crippen molar-refractivity contribution in [2.75, 3.05) is 6.61 Å². The van der Waals surface area contributed by atoms with E-state index in [2.05, 4.69) is 5.32 Å². The van der Waals surface area contributed by atoms with E-state index in [1.165, 1.54) is 12.8 Å². The Morgan fingerprint density at radius 3 is 2.53 bits per heavy atom. The number of carbonyl (C=O) groups excluding carboxylic acids is 2. The fraction of sp³-hybridized carbons (Fsp3) is 0.429. The third-order valence-electron chi connectivity index (χ3n) is 3.23. The zero-order chi connectivity index (χ0) is 13.8. The normalized spacial score (nSPS) is 15.6. The van der Waals surface area contributed by atoms with Gasteiger partial charge in [-0.15, -0.1) is 0 Å². The molecule has 0 unspecified atom stereocenters. The predicted molar refractivity (Wildman–Crippen MR) is 70.8 cm³/mol. The molecule has 0 bridgehead atoms. The summed E-state index contributed by atoms with van der Waals surface area (Å²) in [6, 6.07) is 6.61. The molecule has 0 spiro atoms. The Morgan fingerprint density at radius 2 is 2.00 bits per heavy atom. The van der Waals surface area contributed by atoms with Gasteiger partial charge in [0, 0.05) is 11.6 Å². The first-order valence-corrected chi connectivity index (χ1v) is 6.38. The number of benzene rings is 1. The maximum atomic E-state index is 11.6. The van der Waals surface area contributed by atoms with Crippen LogP contribution in [0.4, 0.5) is 0 Å². The molecule has 0 aliphatic heterocycles. The topological polar surface area (TPSA) is 81.4 Å². The van der Waals surface area contributed by atoms with Crippen molar-refractivity contribution in [2.45, 2.75) is 25.8 Å². The van der Waals surface area contributed by atoms with Gasteiger partial charge in [-0.2, -0.15) is 0 Å². The van der Waals surface area contributed by atoms with Crippen LogP contribution >= 0.6 is 0 Å². The second kappa shape index (κ2) is 5.73. The van der Waals surface area contributed by atoms with Crippen LogP contribution in [-0.2, 0) is 4.79 Å². The van der Waals surface area contributed by atoms with Crippen LogP contribution in [-0.4, -0.2) is 24.5 Å². The van der Waals surface area contributed by atoms with Crippen molar-refractivity contribution in [2.24, 2.45) is 11.7 Å². The van der Waals surface area contributed by atoms with Gasteiger partial charge >= 0.3 is 0 Å². The molecule has 0 aromatic heterocycles. The second-order valence-corrected chi connectivity index (χ2v) is 4.87. The minimum atomic E-state index is -0.484. The Bertz CT molecular complexity index is 466. The lowest BCUT2D eigenvalue weighted by molar-refractivity contribution is -0.123. The highest BCUT2D eigenvalue weighted by Gasteiger charge is 2.28. The van der Waals surface area contributed by atoms with Crippen LogP contribution in [0.1, 0.15) is 30.1 Å². The lowest BCUT2D eigenvalue weighted by Crippen LogP contribution is -2.37. The summed E-state index contributed by atoms with van der Waals surface area (Å²) >= 11 is 0. The highest BCUT2D eigenvalue weighted by atomic mass is 16.5. The molecule has 2 rings (SSSR count). The van der Waals surface area contributed by atoms with Gasteiger partial charge in [0.1, 0.15) is 5.75 Å². The average molecular weight is 262 g/mol. The number of rotatable bonds is 6. The molecule has 1 aromatic rings. The van der Waals surface area contributed by atoms with Crippen LogP contribution in [0.25, 0.3) is 0 Å². The van der Waals surface area contributed by atoms with E-state index in [1.54, 1.807) is 24.3 Å². The number of nitrogens with one attached hydrogen (secondary N) is 1. The molecule has 2 amide bonds. The number of ether oxygens (including phenoxy) is 1. The summed E-state index contributed by atoms with van der Waals surface area (Å²) < 4.78 is 5.34. The van der Waals surface area contributed by atoms with E-state index < -0.39 is 5.91 Å². The smallest absolute Gasteiger partial charge is 0.258 e. The van der Waals surface area contributed by atoms with Crippen LogP contribution in [0.3, 0.4) is 0 Å². The SMILES string of the molecule is C[C@@H](NC(=O)COc1ccc(C(N)=O)cc1)C1CC1. The van der Waals surface area contributed by atoms with Crippen LogP contribution in [0.15, 0.2) is 24.3 Å². The van der Waals surface area contributed by atoms with E-state index in [-0.39, 0.29) is 18.6 Å². The van der Waals surface area contributed by atoms with E-state index in [0.717, 1.165) is 0 Å². The van der Waals surface area contributed by atoms with Gasteiger partial charge in [0.2, 0.25) is 5.91 Å². The third kappa shape index (κ3) is 3.98. The molecule has 0 saturated heterocycles. The molecule has 19 heavy (non-hydrogen) atoms. The fourth-order valence-electron chi connectivity index (χ4n) is 1.87. The summed E-state index contributed by atoms with van der Waals surface area (Å²) in [6.45, 7) is 1.99. The van der Waals surface area contributed by atoms with Gasteiger partial charge < -0.3 is 15.8 Å². The van der Waals surface area contributed by atoms with Gasteiger partial charge in [-0.3, -0.25) is 9.59 Å². The van der Waals surface area contributed by atoms with Crippen molar-refractivity contribution in [3.63, 3.8) is 0 Å². The molecule has 1 saturated carbocycles. The zero-order valence-electron chi connectivity index (χ0n) is 10.9. The van der Waals surface area contributed by atoms with Crippen molar-refractivity contribution < 1.29 is 14.3 Å². The molecule has 5 heteroatoms. The molecule has 1 aliphatic rings. The minimum Gasteiger partial charge on any atom is -0.484 e. The Morgan fingerprint density at radius 1 is 1.37 bits per heavy atom. The summed E-state index contributed by atoms with van der Waals surface area (Å²) in [4.78, 5) is 22.5. The summed E-state index contributed by atoms with van der Waals surface area (Å²) in [5.74, 6) is 0.555. The first-order chi connectivity index (χ1) is 9.06. The number of amides is 2. The number of carbonyl (C=O) groups is 2. The first-order valence-electron chi connectivity index (χ1n) is 6.38. The third-order valence-corrected chi connectivity index (χ3v) is 3.23. The molecular weight excluding hydrogens is 244 g/mol. The standard InChI is InChI=1S/C14H18N2O3/c1-9(10-2-3-10)16-13(17)8-19-12-6-4-11(5-7-12)14(15)18/h4-7,9-10H,2-3,8H2,1H3,(H2,15,18)(H,16,17)/t9-/m1/s1. The summed E-state index contributed by atoms with van der Waals surface area (Å²) in [7, 11) is 0. The highest BCUT2D eigenvalue weighted by Crippen LogP contribution is 2.32. The molecule has 0 heterocycles. The molecule has 1 fully saturated rings. The Balaban J connectivity index is 1.77. The first kappa shape index (κ1) is 13.4. The molecule has 1 aliphatic carbocycles. The Kier molecular flexibility index (Phi) is 4.04. The maximum absolute atomic E-state index is 11.6. The van der Waals surface area contributed by atoms with Gasteiger partial charge in [0.05, 0.1) is 0 Å². The summed E-state index contributed by atoms with van der Waals surface area (Å²) in [6.07, 6.45) is 2.38. The molecule has 5 nitrogen and oxygen atoms in total. The van der Waals surface area contributed by atoms with Crippen LogP contribution in [0.5, 0.6) is 5.75 Å². The minimum absolute atomic E-state index is 0.0209. The Labute approximate surface area is 112 Å². The van der Waals surface area contributed by atoms with E-state index in [0.29, 0.717) is 17.2 Å². The number of hydrogen-bond acceptors (Lipinski definition) is 3. The number of hydrogen-bond donors (Lipinski definition) is 2.